The first-order valence-corrected chi connectivity index (χ1v) is 11.4. The van der Waals surface area contributed by atoms with E-state index in [0.29, 0.717) is 10.7 Å². The molecule has 0 radical (unpaired) electrons. The van der Waals surface area contributed by atoms with E-state index in [1.165, 1.54) is 28.9 Å². The fourth-order valence-electron chi connectivity index (χ4n) is 2.46. The molecule has 0 amide bonds. The molecule has 0 fully saturated rings. The Balaban J connectivity index is 2.14. The summed E-state index contributed by atoms with van der Waals surface area (Å²) in [5.41, 5.74) is 1.91. The van der Waals surface area contributed by atoms with Crippen molar-refractivity contribution in [2.45, 2.75) is 23.6 Å². The number of hydrogen-bond donors (Lipinski definition) is 2. The second-order valence-electron chi connectivity index (χ2n) is 6.20. The highest BCUT2D eigenvalue weighted by Gasteiger charge is 2.20. The molecule has 3 rings (SSSR count). The normalized spacial score (nSPS) is 12.1. The number of halogens is 1. The molecule has 2 aromatic carbocycles. The van der Waals surface area contributed by atoms with Gasteiger partial charge in [-0.15, -0.1) is 0 Å². The van der Waals surface area contributed by atoms with Gasteiger partial charge in [-0.05, 0) is 55.3 Å². The minimum Gasteiger partial charge on any atom is -0.277 e. The summed E-state index contributed by atoms with van der Waals surface area (Å²) in [5, 5.41) is 9.63. The Morgan fingerprint density at radius 1 is 1.04 bits per heavy atom. The maximum absolute atomic E-state index is 12.8. The quantitative estimate of drug-likeness (QED) is 0.630. The second kappa shape index (κ2) is 7.21. The fraction of sp³-hybridized carbons (Fsp3) is 0.118. The molecule has 0 saturated carbocycles. The van der Waals surface area contributed by atoms with Gasteiger partial charge in [0.25, 0.3) is 10.0 Å². The Morgan fingerprint density at radius 3 is 2.29 bits per heavy atom. The van der Waals surface area contributed by atoms with Gasteiger partial charge in [0.15, 0.2) is 0 Å². The molecule has 8 nitrogen and oxygen atoms in total. The summed E-state index contributed by atoms with van der Waals surface area (Å²) in [6, 6.07) is 8.16. The fourth-order valence-corrected chi connectivity index (χ4v) is 4.34. The first-order valence-electron chi connectivity index (χ1n) is 7.95. The lowest BCUT2D eigenvalue weighted by molar-refractivity contribution is 0.596. The molecule has 1 heterocycles. The van der Waals surface area contributed by atoms with Gasteiger partial charge in [-0.1, -0.05) is 17.7 Å². The van der Waals surface area contributed by atoms with Crippen LogP contribution in [0, 0.1) is 13.8 Å². The Labute approximate surface area is 168 Å². The molecular weight excluding hydrogens is 424 g/mol. The summed E-state index contributed by atoms with van der Waals surface area (Å²) in [4.78, 5) is -0.300. The average Bonchev–Trinajstić information content (AvgIpc) is 3.02. The van der Waals surface area contributed by atoms with E-state index >= 15 is 0 Å². The van der Waals surface area contributed by atoms with E-state index in [9.17, 15) is 16.8 Å². The van der Waals surface area contributed by atoms with Crippen LogP contribution in [-0.4, -0.2) is 26.6 Å². The van der Waals surface area contributed by atoms with Gasteiger partial charge in [-0.2, -0.15) is 5.10 Å². The van der Waals surface area contributed by atoms with Crippen LogP contribution in [-0.2, 0) is 20.0 Å². The number of nitrogens with one attached hydrogen (secondary N) is 1. The van der Waals surface area contributed by atoms with E-state index in [1.54, 1.807) is 25.4 Å². The molecule has 0 saturated heterocycles. The smallest absolute Gasteiger partial charge is 0.262 e. The average molecular weight is 441 g/mol. The van der Waals surface area contributed by atoms with Gasteiger partial charge in [0.1, 0.15) is 0 Å². The zero-order valence-corrected chi connectivity index (χ0v) is 17.3. The number of benzene rings is 2. The van der Waals surface area contributed by atoms with Crippen LogP contribution in [0.1, 0.15) is 11.1 Å². The second-order valence-corrected chi connectivity index (χ2v) is 9.85. The van der Waals surface area contributed by atoms with Crippen molar-refractivity contribution < 1.29 is 16.8 Å². The molecule has 0 aliphatic carbocycles. The minimum absolute atomic E-state index is 0.00585. The molecule has 11 heteroatoms. The van der Waals surface area contributed by atoms with Crippen LogP contribution in [0.2, 0.25) is 5.02 Å². The first-order chi connectivity index (χ1) is 13.0. The third-order valence-corrected chi connectivity index (χ3v) is 6.63. The van der Waals surface area contributed by atoms with Gasteiger partial charge < -0.3 is 0 Å². The maximum Gasteiger partial charge on any atom is 0.262 e. The highest BCUT2D eigenvalue weighted by Crippen LogP contribution is 2.28. The molecule has 0 bridgehead atoms. The first kappa shape index (κ1) is 20.3. The number of aryl methyl sites for hydroxylation is 2. The van der Waals surface area contributed by atoms with Crippen molar-refractivity contribution in [1.82, 2.24) is 9.78 Å². The predicted octanol–water partition coefficient (Wildman–Crippen LogP) is 2.59. The number of aromatic nitrogens is 2. The third-order valence-electron chi connectivity index (χ3n) is 3.95. The van der Waals surface area contributed by atoms with Gasteiger partial charge in [0, 0.05) is 11.2 Å². The summed E-state index contributed by atoms with van der Waals surface area (Å²) in [6.45, 7) is 3.57. The zero-order chi connectivity index (χ0) is 20.7. The van der Waals surface area contributed by atoms with Crippen LogP contribution in [0.3, 0.4) is 0 Å². The van der Waals surface area contributed by atoms with E-state index in [2.05, 4.69) is 9.82 Å². The molecule has 3 N–H and O–H groups in total. The van der Waals surface area contributed by atoms with Crippen LogP contribution >= 0.6 is 11.6 Å². The summed E-state index contributed by atoms with van der Waals surface area (Å²) < 4.78 is 52.9. The molecular formula is C17H17ClN4O4S2. The summed E-state index contributed by atoms with van der Waals surface area (Å²) in [7, 11) is -8.09. The van der Waals surface area contributed by atoms with Crippen molar-refractivity contribution in [3.05, 3.63) is 64.9 Å². The van der Waals surface area contributed by atoms with E-state index in [-0.39, 0.29) is 15.5 Å². The Bertz CT molecular complexity index is 1270. The van der Waals surface area contributed by atoms with Crippen molar-refractivity contribution in [3.8, 4) is 5.69 Å². The molecule has 0 atom stereocenters. The van der Waals surface area contributed by atoms with Crippen molar-refractivity contribution in [2.75, 3.05) is 4.72 Å². The van der Waals surface area contributed by atoms with Crippen molar-refractivity contribution >= 4 is 37.3 Å². The van der Waals surface area contributed by atoms with E-state index in [0.717, 1.165) is 17.2 Å². The van der Waals surface area contributed by atoms with Gasteiger partial charge in [-0.25, -0.2) is 26.7 Å². The summed E-state index contributed by atoms with van der Waals surface area (Å²) in [5.74, 6) is 0. The molecule has 3 aromatic rings. The molecule has 28 heavy (non-hydrogen) atoms. The lowest BCUT2D eigenvalue weighted by Crippen LogP contribution is -2.17. The lowest BCUT2D eigenvalue weighted by Gasteiger charge is -2.14. The highest BCUT2D eigenvalue weighted by molar-refractivity contribution is 7.92. The van der Waals surface area contributed by atoms with Crippen LogP contribution < -0.4 is 9.86 Å². The molecule has 0 aliphatic heterocycles. The number of nitrogens with zero attached hydrogens (tertiary/aromatic N) is 2. The van der Waals surface area contributed by atoms with Gasteiger partial charge >= 0.3 is 0 Å². The third kappa shape index (κ3) is 4.20. The number of rotatable bonds is 5. The number of sulfonamides is 2. The maximum atomic E-state index is 12.8. The molecule has 0 aliphatic rings. The van der Waals surface area contributed by atoms with E-state index < -0.39 is 20.0 Å². The standard InChI is InChI=1S/C17H17ClN4O4S2/c1-11-9-20-22(10-11)17-6-5-13(27(19,23)24)8-16(17)21-28(25,26)14-4-3-12(2)15(18)7-14/h3-10,21H,1-2H3,(H2,19,23,24). The van der Waals surface area contributed by atoms with E-state index in [4.69, 9.17) is 16.7 Å². The largest absolute Gasteiger partial charge is 0.277 e. The van der Waals surface area contributed by atoms with Crippen LogP contribution in [0.15, 0.2) is 58.6 Å². The minimum atomic E-state index is -4.05. The lowest BCUT2D eigenvalue weighted by atomic mass is 10.2. The summed E-state index contributed by atoms with van der Waals surface area (Å²) >= 11 is 6.04. The highest BCUT2D eigenvalue weighted by atomic mass is 35.5. The Morgan fingerprint density at radius 2 is 1.71 bits per heavy atom. The van der Waals surface area contributed by atoms with Crippen LogP contribution in [0.4, 0.5) is 5.69 Å². The molecule has 148 valence electrons. The topological polar surface area (TPSA) is 124 Å². The summed E-state index contributed by atoms with van der Waals surface area (Å²) in [6.07, 6.45) is 3.26. The van der Waals surface area contributed by atoms with Gasteiger partial charge in [-0.3, -0.25) is 4.72 Å². The molecule has 0 spiro atoms. The van der Waals surface area contributed by atoms with Crippen molar-refractivity contribution in [3.63, 3.8) is 0 Å². The SMILES string of the molecule is Cc1cnn(-c2ccc(S(N)(=O)=O)cc2NS(=O)(=O)c2ccc(C)c(Cl)c2)c1. The van der Waals surface area contributed by atoms with Gasteiger partial charge in [0.2, 0.25) is 10.0 Å². The Hall–Kier alpha value is -2.40. The number of hydrogen-bond acceptors (Lipinski definition) is 5. The number of anilines is 1. The van der Waals surface area contributed by atoms with E-state index in [1.807, 2.05) is 6.92 Å². The van der Waals surface area contributed by atoms with Crippen molar-refractivity contribution in [1.29, 1.82) is 0 Å². The monoisotopic (exact) mass is 440 g/mol. The van der Waals surface area contributed by atoms with Crippen LogP contribution in [0.25, 0.3) is 5.69 Å². The number of primary sulfonamides is 1. The molecule has 1 aromatic heterocycles. The van der Waals surface area contributed by atoms with Crippen molar-refractivity contribution in [2.24, 2.45) is 5.14 Å². The van der Waals surface area contributed by atoms with Gasteiger partial charge in [0.05, 0.1) is 27.4 Å². The molecule has 0 unspecified atom stereocenters. The predicted molar refractivity (Wildman–Crippen MR) is 107 cm³/mol. The van der Waals surface area contributed by atoms with Crippen LogP contribution in [0.5, 0.6) is 0 Å². The zero-order valence-electron chi connectivity index (χ0n) is 14.9. The Kier molecular flexibility index (Phi) is 5.24. The number of nitrogens with two attached hydrogens (primary N) is 1.